The van der Waals surface area contributed by atoms with Gasteiger partial charge in [-0.25, -0.2) is 4.79 Å². The van der Waals surface area contributed by atoms with Crippen LogP contribution in [0.4, 0.5) is 5.69 Å². The van der Waals surface area contributed by atoms with Crippen LogP contribution in [0.25, 0.3) is 0 Å². The van der Waals surface area contributed by atoms with Crippen LogP contribution in [0.5, 0.6) is 11.5 Å². The van der Waals surface area contributed by atoms with Crippen LogP contribution in [0.3, 0.4) is 0 Å². The van der Waals surface area contributed by atoms with Gasteiger partial charge in [-0.1, -0.05) is 17.4 Å². The van der Waals surface area contributed by atoms with E-state index in [0.29, 0.717) is 22.7 Å². The van der Waals surface area contributed by atoms with E-state index < -0.39 is 17.8 Å². The number of thiazole rings is 1. The highest BCUT2D eigenvalue weighted by atomic mass is 32.2. The first-order chi connectivity index (χ1) is 19.9. The number of carbonyl (C=O) groups excluding carboxylic acids is 3. The van der Waals surface area contributed by atoms with E-state index in [0.717, 1.165) is 21.9 Å². The molecule has 3 aromatic rings. The van der Waals surface area contributed by atoms with Gasteiger partial charge in [0.25, 0.3) is 0 Å². The van der Waals surface area contributed by atoms with Gasteiger partial charge in [0, 0.05) is 16.0 Å². The van der Waals surface area contributed by atoms with Crippen LogP contribution in [-0.2, 0) is 14.3 Å². The van der Waals surface area contributed by atoms with Gasteiger partial charge < -0.3 is 19.2 Å². The number of hydrogen-bond acceptors (Lipinski definition) is 9. The second-order valence-electron chi connectivity index (χ2n) is 10.9. The fourth-order valence-corrected chi connectivity index (χ4v) is 10.5. The van der Waals surface area contributed by atoms with Crippen LogP contribution >= 0.6 is 23.1 Å². The highest BCUT2D eigenvalue weighted by molar-refractivity contribution is 8.00. The summed E-state index contributed by atoms with van der Waals surface area (Å²) in [5.74, 6) is -0.427. The van der Waals surface area contributed by atoms with Gasteiger partial charge in [0.15, 0.2) is 11.5 Å². The minimum absolute atomic E-state index is 0.00814. The number of ether oxygens (including phenoxy) is 3. The summed E-state index contributed by atoms with van der Waals surface area (Å²) in [7, 11) is 3.19. The van der Waals surface area contributed by atoms with E-state index in [4.69, 9.17) is 14.2 Å². The number of aromatic nitrogens is 1. The van der Waals surface area contributed by atoms with E-state index in [9.17, 15) is 19.2 Å². The van der Waals surface area contributed by atoms with E-state index in [2.05, 4.69) is 4.98 Å². The van der Waals surface area contributed by atoms with Crippen LogP contribution in [0.15, 0.2) is 52.3 Å². The quantitative estimate of drug-likeness (QED) is 0.333. The standard InChI is InChI=1S/C30H28N2O7S2/c1-4-39-29(35)13-5-8-15(9-6-13)32-27(33)22-16-12-17(23(22)28(32)34)24-21(16)20(25-26(40-24)31-30(36)41-25)14-7-10-18(37-2)19(11-14)38-3/h5-11,16-17,20-24H,4,12H2,1-3H3,(H,31,36)/t16-,17-,20?,21?,22?,23?,24?/m1/s1. The molecule has 2 aliphatic heterocycles. The summed E-state index contributed by atoms with van der Waals surface area (Å²) >= 11 is 2.87. The molecule has 1 aromatic heterocycles. The molecular formula is C30H28N2O7S2. The van der Waals surface area contributed by atoms with Gasteiger partial charge in [0.2, 0.25) is 11.8 Å². The van der Waals surface area contributed by atoms with Gasteiger partial charge in [0.05, 0.1) is 48.9 Å². The zero-order valence-electron chi connectivity index (χ0n) is 22.6. The molecule has 2 aromatic carbocycles. The molecule has 3 fully saturated rings. The normalized spacial score (nSPS) is 29.2. The lowest BCUT2D eigenvalue weighted by Crippen LogP contribution is -2.42. The van der Waals surface area contributed by atoms with Gasteiger partial charge in [-0.15, -0.1) is 11.8 Å². The third kappa shape index (κ3) is 3.81. The molecule has 5 unspecified atom stereocenters. The Morgan fingerprint density at radius 1 is 0.976 bits per heavy atom. The minimum atomic E-state index is -0.444. The molecule has 9 nitrogen and oxygen atoms in total. The summed E-state index contributed by atoms with van der Waals surface area (Å²) < 4.78 is 16.1. The maximum absolute atomic E-state index is 14.0. The number of thioether (sulfide) groups is 1. The Kier molecular flexibility index (Phi) is 6.27. The van der Waals surface area contributed by atoms with Crippen molar-refractivity contribution in [2.75, 3.05) is 25.7 Å². The SMILES string of the molecule is CCOC(=O)c1ccc(N2C(=O)C3C(C2=O)[C@@H]2C[C@H]3C3Sc4[nH]c(=O)sc4C(c4ccc(OC)c(OC)c4)C32)cc1. The lowest BCUT2D eigenvalue weighted by atomic mass is 9.68. The largest absolute Gasteiger partial charge is 0.493 e. The van der Waals surface area contributed by atoms with Crippen molar-refractivity contribution in [3.8, 4) is 11.5 Å². The third-order valence-electron chi connectivity index (χ3n) is 9.13. The summed E-state index contributed by atoms with van der Waals surface area (Å²) in [6.07, 6.45) is 0.799. The van der Waals surface area contributed by atoms with Crippen molar-refractivity contribution in [1.29, 1.82) is 0 Å². The first kappa shape index (κ1) is 26.3. The van der Waals surface area contributed by atoms with Gasteiger partial charge in [-0.3, -0.25) is 19.3 Å². The predicted molar refractivity (Wildman–Crippen MR) is 153 cm³/mol. The molecule has 1 saturated heterocycles. The number of benzene rings is 2. The number of esters is 1. The maximum Gasteiger partial charge on any atom is 0.338 e. The molecule has 7 atom stereocenters. The number of H-pyrrole nitrogens is 1. The molecule has 2 aliphatic carbocycles. The van der Waals surface area contributed by atoms with Crippen molar-refractivity contribution in [3.63, 3.8) is 0 Å². The molecule has 1 N–H and O–H groups in total. The number of nitrogens with one attached hydrogen (secondary N) is 1. The summed E-state index contributed by atoms with van der Waals surface area (Å²) in [6.45, 7) is 2.00. The Morgan fingerprint density at radius 2 is 1.68 bits per heavy atom. The van der Waals surface area contributed by atoms with Crippen molar-refractivity contribution in [2.45, 2.75) is 29.5 Å². The Hall–Kier alpha value is -3.57. The number of aromatic amines is 1. The van der Waals surface area contributed by atoms with Crippen molar-refractivity contribution >= 4 is 46.6 Å². The van der Waals surface area contributed by atoms with Crippen LogP contribution in [0, 0.1) is 29.6 Å². The Balaban J connectivity index is 1.26. The number of rotatable bonds is 6. The second-order valence-corrected chi connectivity index (χ2v) is 13.1. The van der Waals surface area contributed by atoms with E-state index in [1.54, 1.807) is 57.2 Å². The molecule has 7 rings (SSSR count). The Bertz CT molecular complexity index is 1630. The highest BCUT2D eigenvalue weighted by Gasteiger charge is 2.69. The summed E-state index contributed by atoms with van der Waals surface area (Å²) in [5.41, 5.74) is 1.84. The van der Waals surface area contributed by atoms with E-state index in [1.807, 2.05) is 18.2 Å². The van der Waals surface area contributed by atoms with Gasteiger partial charge >= 0.3 is 10.8 Å². The molecule has 41 heavy (non-hydrogen) atoms. The molecule has 3 heterocycles. The topological polar surface area (TPSA) is 115 Å². The van der Waals surface area contributed by atoms with Crippen LogP contribution < -0.4 is 19.2 Å². The Morgan fingerprint density at radius 3 is 2.37 bits per heavy atom. The average molecular weight is 593 g/mol. The van der Waals surface area contributed by atoms with E-state index in [1.165, 1.54) is 16.2 Å². The number of nitrogens with zero attached hydrogens (tertiary/aromatic N) is 1. The Labute approximate surface area is 244 Å². The predicted octanol–water partition coefficient (Wildman–Crippen LogP) is 4.31. The number of fused-ring (bicyclic) bond motifs is 9. The second kappa shape index (κ2) is 9.77. The zero-order valence-corrected chi connectivity index (χ0v) is 24.3. The van der Waals surface area contributed by atoms with E-state index in [-0.39, 0.29) is 52.2 Å². The smallest absolute Gasteiger partial charge is 0.338 e. The van der Waals surface area contributed by atoms with Crippen LogP contribution in [0.1, 0.15) is 40.1 Å². The van der Waals surface area contributed by atoms with Crippen molar-refractivity contribution in [3.05, 3.63) is 68.1 Å². The first-order valence-electron chi connectivity index (χ1n) is 13.6. The molecule has 4 aliphatic rings. The number of hydrogen-bond donors (Lipinski definition) is 1. The molecule has 2 amide bonds. The lowest BCUT2D eigenvalue weighted by Gasteiger charge is -2.43. The molecule has 11 heteroatoms. The van der Waals surface area contributed by atoms with Gasteiger partial charge in [0.1, 0.15) is 0 Å². The summed E-state index contributed by atoms with van der Waals surface area (Å²) in [5, 5.41) is 0.938. The number of amides is 2. The minimum Gasteiger partial charge on any atom is -0.493 e. The molecule has 0 spiro atoms. The van der Waals surface area contributed by atoms with Crippen molar-refractivity contribution < 1.29 is 28.6 Å². The van der Waals surface area contributed by atoms with Crippen molar-refractivity contribution in [2.24, 2.45) is 29.6 Å². The first-order valence-corrected chi connectivity index (χ1v) is 15.3. The fraction of sp³-hybridized carbons (Fsp3) is 0.400. The maximum atomic E-state index is 14.0. The van der Waals surface area contributed by atoms with Gasteiger partial charge in [-0.05, 0) is 73.1 Å². The molecule has 2 saturated carbocycles. The molecule has 0 radical (unpaired) electrons. The number of methoxy groups -OCH3 is 2. The zero-order chi connectivity index (χ0) is 28.6. The lowest BCUT2D eigenvalue weighted by molar-refractivity contribution is -0.123. The molecule has 212 valence electrons. The fourth-order valence-electron chi connectivity index (χ4n) is 7.65. The monoisotopic (exact) mass is 592 g/mol. The summed E-state index contributed by atoms with van der Waals surface area (Å²) in [6, 6.07) is 12.3. The van der Waals surface area contributed by atoms with Crippen molar-refractivity contribution in [1.82, 2.24) is 4.98 Å². The van der Waals surface area contributed by atoms with Crippen LogP contribution in [-0.4, -0.2) is 48.8 Å². The highest BCUT2D eigenvalue weighted by Crippen LogP contribution is 2.68. The average Bonchev–Trinajstić information content (AvgIpc) is 3.71. The number of imide groups is 1. The number of anilines is 1. The summed E-state index contributed by atoms with van der Waals surface area (Å²) in [4.78, 5) is 57.7. The number of carbonyl (C=O) groups is 3. The molecule has 2 bridgehead atoms. The third-order valence-corrected chi connectivity index (χ3v) is 11.7. The van der Waals surface area contributed by atoms with E-state index >= 15 is 0 Å². The van der Waals surface area contributed by atoms with Crippen LogP contribution in [0.2, 0.25) is 0 Å². The molecular weight excluding hydrogens is 564 g/mol. The van der Waals surface area contributed by atoms with Gasteiger partial charge in [-0.2, -0.15) is 0 Å².